The number of non-ortho nitro benzene ring substituents is 1. The highest BCUT2D eigenvalue weighted by molar-refractivity contribution is 5.45. The van der Waals surface area contributed by atoms with Gasteiger partial charge in [-0.15, -0.1) is 0 Å². The fraction of sp³-hybridized carbons (Fsp3) is 0.333. The van der Waals surface area contributed by atoms with Crippen molar-refractivity contribution in [2.75, 3.05) is 0 Å². The van der Waals surface area contributed by atoms with Gasteiger partial charge >= 0.3 is 12.4 Å². The lowest BCUT2D eigenvalue weighted by molar-refractivity contribution is -0.732. The van der Waals surface area contributed by atoms with Crippen LogP contribution in [-0.2, 0) is 25.2 Å². The minimum atomic E-state index is -4.97. The summed E-state index contributed by atoms with van der Waals surface area (Å²) in [4.78, 5) is 10.7. The molecule has 2 aromatic carbocycles. The van der Waals surface area contributed by atoms with Crippen molar-refractivity contribution in [1.29, 1.82) is 0 Å². The summed E-state index contributed by atoms with van der Waals surface area (Å²) in [5.74, 6) is 0.589. The first kappa shape index (κ1) is 21.4. The molecule has 0 saturated carbocycles. The lowest BCUT2D eigenvalue weighted by Gasteiger charge is -2.22. The average molecular weight is 469 g/mol. The normalized spacial score (nSPS) is 19.7. The van der Waals surface area contributed by atoms with Gasteiger partial charge in [-0.3, -0.25) is 10.1 Å². The zero-order chi connectivity index (χ0) is 23.7. The monoisotopic (exact) mass is 469 g/mol. The van der Waals surface area contributed by atoms with E-state index < -0.39 is 28.4 Å². The van der Waals surface area contributed by atoms with Gasteiger partial charge in [0.05, 0.1) is 16.1 Å². The Hall–Kier alpha value is -3.44. The predicted molar refractivity (Wildman–Crippen MR) is 101 cm³/mol. The zero-order valence-corrected chi connectivity index (χ0v) is 16.7. The fourth-order valence-corrected chi connectivity index (χ4v) is 4.75. The van der Waals surface area contributed by atoms with Crippen LogP contribution in [0, 0.1) is 16.0 Å². The Bertz CT molecular complexity index is 1250. The van der Waals surface area contributed by atoms with Gasteiger partial charge in [-0.2, -0.15) is 26.3 Å². The van der Waals surface area contributed by atoms with Crippen LogP contribution in [0.25, 0.3) is 5.69 Å². The summed E-state index contributed by atoms with van der Waals surface area (Å²) < 4.78 is 82.3. The standard InChI is InChI=1S/C21H15F6N4O2/c22-20(23,24)13-6-14(21(25,26)27)8-16(7-13)30-10-29-18(28-30)4-2-12-5-11-1-3-15(31(32)33)9-17(11)19(12)29/h1,3,6-10,12,19H,2,4-5H2/q+1/t12-,19-/m0/s1. The highest BCUT2D eigenvalue weighted by atomic mass is 19.4. The molecule has 12 heteroatoms. The second-order valence-corrected chi connectivity index (χ2v) is 8.24. The molecule has 0 spiro atoms. The quantitative estimate of drug-likeness (QED) is 0.234. The van der Waals surface area contributed by atoms with Crippen LogP contribution < -0.4 is 4.57 Å². The number of nitro benzene ring substituents is 1. The highest BCUT2D eigenvalue weighted by Gasteiger charge is 2.44. The van der Waals surface area contributed by atoms with E-state index in [9.17, 15) is 36.5 Å². The summed E-state index contributed by atoms with van der Waals surface area (Å²) in [6.45, 7) is 0. The first-order chi connectivity index (χ1) is 15.4. The zero-order valence-electron chi connectivity index (χ0n) is 16.7. The molecule has 0 N–H and O–H groups in total. The maximum atomic E-state index is 13.3. The molecule has 0 saturated heterocycles. The SMILES string of the molecule is O=[N+]([O-])c1ccc2c(c1)[C@@H]1[C@@H](CCc3nn(-c4cc(C(F)(F)F)cc(C(F)(F)F)c4)c[n+]31)C2. The molecule has 1 aliphatic carbocycles. The van der Waals surface area contributed by atoms with Gasteiger partial charge in [0, 0.05) is 29.6 Å². The largest absolute Gasteiger partial charge is 0.416 e. The number of aromatic nitrogens is 3. The number of halogens is 6. The van der Waals surface area contributed by atoms with Crippen LogP contribution in [0.3, 0.4) is 0 Å². The number of hydrogen-bond acceptors (Lipinski definition) is 3. The third-order valence-electron chi connectivity index (χ3n) is 6.22. The van der Waals surface area contributed by atoms with E-state index in [4.69, 9.17) is 0 Å². The molecular weight excluding hydrogens is 454 g/mol. The minimum absolute atomic E-state index is 0.0719. The van der Waals surface area contributed by atoms with Gasteiger partial charge < -0.3 is 0 Å². The van der Waals surface area contributed by atoms with E-state index in [1.165, 1.54) is 18.5 Å². The molecule has 2 aliphatic rings. The van der Waals surface area contributed by atoms with E-state index in [1.807, 2.05) is 0 Å². The maximum absolute atomic E-state index is 13.3. The smallest absolute Gasteiger partial charge is 0.258 e. The van der Waals surface area contributed by atoms with E-state index in [1.54, 1.807) is 10.6 Å². The molecule has 5 rings (SSSR count). The van der Waals surface area contributed by atoms with Crippen molar-refractivity contribution in [2.24, 2.45) is 5.92 Å². The Kier molecular flexibility index (Phi) is 4.56. The summed E-state index contributed by atoms with van der Waals surface area (Å²) in [6, 6.07) is 5.59. The molecule has 6 nitrogen and oxygen atoms in total. The Balaban J connectivity index is 1.62. The van der Waals surface area contributed by atoms with Crippen molar-refractivity contribution >= 4 is 5.69 Å². The van der Waals surface area contributed by atoms with Crippen LogP contribution >= 0.6 is 0 Å². The summed E-state index contributed by atoms with van der Waals surface area (Å²) in [6.07, 6.45) is -6.71. The van der Waals surface area contributed by atoms with E-state index in [0.29, 0.717) is 37.2 Å². The molecule has 2 heterocycles. The van der Waals surface area contributed by atoms with Gasteiger partial charge in [-0.1, -0.05) is 10.7 Å². The van der Waals surface area contributed by atoms with Gasteiger partial charge in [-0.25, -0.2) is 4.57 Å². The summed E-state index contributed by atoms with van der Waals surface area (Å²) in [7, 11) is 0. The molecule has 0 bridgehead atoms. The Labute approximate surface area is 182 Å². The predicted octanol–water partition coefficient (Wildman–Crippen LogP) is 4.81. The van der Waals surface area contributed by atoms with E-state index in [0.717, 1.165) is 15.8 Å². The molecule has 1 aliphatic heterocycles. The summed E-state index contributed by atoms with van der Waals surface area (Å²) in [5, 5.41) is 15.5. The van der Waals surface area contributed by atoms with E-state index in [-0.39, 0.29) is 29.4 Å². The number of benzene rings is 2. The van der Waals surface area contributed by atoms with Crippen LogP contribution in [0.5, 0.6) is 0 Å². The third kappa shape index (κ3) is 3.62. The topological polar surface area (TPSA) is 64.8 Å². The van der Waals surface area contributed by atoms with Crippen molar-refractivity contribution in [3.05, 3.63) is 80.9 Å². The average Bonchev–Trinajstić information content (AvgIpc) is 3.32. The van der Waals surface area contributed by atoms with Gasteiger partial charge in [0.15, 0.2) is 0 Å². The summed E-state index contributed by atoms with van der Waals surface area (Å²) in [5.41, 5.74) is -1.65. The fourth-order valence-electron chi connectivity index (χ4n) is 4.75. The molecule has 3 aromatic rings. The maximum Gasteiger partial charge on any atom is 0.416 e. The van der Waals surface area contributed by atoms with Crippen LogP contribution in [0.4, 0.5) is 32.0 Å². The minimum Gasteiger partial charge on any atom is -0.258 e. The van der Waals surface area contributed by atoms with E-state index >= 15 is 0 Å². The number of aryl methyl sites for hydroxylation is 1. The molecule has 0 radical (unpaired) electrons. The van der Waals surface area contributed by atoms with Crippen molar-refractivity contribution in [1.82, 2.24) is 9.78 Å². The van der Waals surface area contributed by atoms with Crippen molar-refractivity contribution in [3.63, 3.8) is 0 Å². The lowest BCUT2D eigenvalue weighted by atomic mass is 9.91. The molecule has 172 valence electrons. The van der Waals surface area contributed by atoms with Crippen molar-refractivity contribution < 1.29 is 35.8 Å². The molecule has 2 atom stereocenters. The number of hydrogen-bond donors (Lipinski definition) is 0. The number of nitro groups is 1. The van der Waals surface area contributed by atoms with E-state index in [2.05, 4.69) is 5.10 Å². The second kappa shape index (κ2) is 7.03. The number of alkyl halides is 6. The molecule has 1 aromatic heterocycles. The first-order valence-corrected chi connectivity index (χ1v) is 9.98. The van der Waals surface area contributed by atoms with Crippen LogP contribution in [0.15, 0.2) is 42.7 Å². The van der Waals surface area contributed by atoms with Gasteiger partial charge in [-0.05, 0) is 42.2 Å². The third-order valence-corrected chi connectivity index (χ3v) is 6.22. The van der Waals surface area contributed by atoms with Crippen LogP contribution in [0.2, 0.25) is 0 Å². The second-order valence-electron chi connectivity index (χ2n) is 8.24. The Morgan fingerprint density at radius 3 is 2.30 bits per heavy atom. The molecule has 0 amide bonds. The Morgan fingerprint density at radius 2 is 1.70 bits per heavy atom. The summed E-state index contributed by atoms with van der Waals surface area (Å²) >= 11 is 0. The Morgan fingerprint density at radius 1 is 1.03 bits per heavy atom. The van der Waals surface area contributed by atoms with Crippen molar-refractivity contribution in [3.8, 4) is 5.69 Å². The first-order valence-electron chi connectivity index (χ1n) is 9.98. The van der Waals surface area contributed by atoms with Crippen LogP contribution in [0.1, 0.15) is 40.5 Å². The number of rotatable bonds is 2. The molecular formula is C21H15F6N4O2+. The van der Waals surface area contributed by atoms with Gasteiger partial charge in [0.25, 0.3) is 11.5 Å². The molecule has 33 heavy (non-hydrogen) atoms. The number of nitrogens with zero attached hydrogens (tertiary/aromatic N) is 4. The van der Waals surface area contributed by atoms with Crippen molar-refractivity contribution in [2.45, 2.75) is 37.7 Å². The van der Waals surface area contributed by atoms with Gasteiger partial charge in [0.1, 0.15) is 11.7 Å². The molecule has 0 unspecified atom stereocenters. The lowest BCUT2D eigenvalue weighted by Crippen LogP contribution is -2.47. The van der Waals surface area contributed by atoms with Gasteiger partial charge in [0.2, 0.25) is 6.33 Å². The molecule has 0 fully saturated rings. The number of fused-ring (bicyclic) bond motifs is 5. The van der Waals surface area contributed by atoms with Crippen LogP contribution in [-0.4, -0.2) is 14.7 Å². The highest BCUT2D eigenvalue weighted by Crippen LogP contribution is 2.42.